The van der Waals surface area contributed by atoms with Crippen molar-refractivity contribution in [3.05, 3.63) is 83.9 Å². The Morgan fingerprint density at radius 2 is 1.23 bits per heavy atom. The summed E-state index contributed by atoms with van der Waals surface area (Å²) in [6, 6.07) is 15.6. The van der Waals surface area contributed by atoms with Gasteiger partial charge in [-0.25, -0.2) is 0 Å². The lowest BCUT2D eigenvalue weighted by molar-refractivity contribution is -0.340. The van der Waals surface area contributed by atoms with Crippen LogP contribution in [0, 0.1) is 0 Å². The lowest BCUT2D eigenvalue weighted by Gasteiger charge is -2.44. The van der Waals surface area contributed by atoms with Crippen molar-refractivity contribution in [1.82, 2.24) is 0 Å². The summed E-state index contributed by atoms with van der Waals surface area (Å²) in [4.78, 5) is 0. The maximum absolute atomic E-state index is 10.4. The Morgan fingerprint density at radius 1 is 0.700 bits per heavy atom. The van der Waals surface area contributed by atoms with E-state index in [4.69, 9.17) is 23.7 Å². The second-order valence-electron chi connectivity index (χ2n) is 7.61. The van der Waals surface area contributed by atoms with Crippen molar-refractivity contribution in [2.75, 3.05) is 6.61 Å². The first-order valence-electron chi connectivity index (χ1n) is 10.0. The normalized spacial score (nSPS) is 35.3. The van der Waals surface area contributed by atoms with Gasteiger partial charge in [0.1, 0.15) is 24.4 Å². The molecule has 2 aromatic carbocycles. The first kappa shape index (κ1) is 19.6. The molecule has 156 valence electrons. The molecule has 6 heteroatoms. The summed E-state index contributed by atoms with van der Waals surface area (Å²) in [6.07, 6.45) is -0.659. The molecule has 0 bridgehead atoms. The van der Waals surface area contributed by atoms with Crippen molar-refractivity contribution in [1.29, 1.82) is 0 Å². The fourth-order valence-corrected chi connectivity index (χ4v) is 4.09. The third-order valence-electron chi connectivity index (χ3n) is 5.75. The molecule has 0 aromatic heterocycles. The van der Waals surface area contributed by atoms with E-state index in [1.807, 2.05) is 48.5 Å². The number of hydrogen-bond acceptors (Lipinski definition) is 6. The van der Waals surface area contributed by atoms with Crippen LogP contribution in [0.2, 0.25) is 0 Å². The summed E-state index contributed by atoms with van der Waals surface area (Å²) in [5, 5.41) is 10.4. The molecule has 5 rings (SSSR count). The Kier molecular flexibility index (Phi) is 5.28. The summed E-state index contributed by atoms with van der Waals surface area (Å²) in [7, 11) is 0. The summed E-state index contributed by atoms with van der Waals surface area (Å²) in [6.45, 7) is 7.84. The van der Waals surface area contributed by atoms with E-state index in [1.165, 1.54) is 0 Å². The lowest BCUT2D eigenvalue weighted by atomic mass is 9.98. The van der Waals surface area contributed by atoms with Gasteiger partial charge in [-0.2, -0.15) is 0 Å². The zero-order chi connectivity index (χ0) is 20.7. The molecule has 3 aliphatic heterocycles. The van der Waals surface area contributed by atoms with E-state index in [-0.39, 0.29) is 0 Å². The van der Waals surface area contributed by atoms with Crippen molar-refractivity contribution < 1.29 is 28.8 Å². The molecule has 7 atom stereocenters. The van der Waals surface area contributed by atoms with E-state index in [2.05, 4.69) is 13.2 Å². The van der Waals surface area contributed by atoms with Crippen LogP contribution >= 0.6 is 0 Å². The van der Waals surface area contributed by atoms with Gasteiger partial charge in [-0.15, -0.1) is 0 Å². The van der Waals surface area contributed by atoms with E-state index in [1.54, 1.807) is 12.2 Å². The SMILES string of the molecule is C=Cc1ccc(C2OCC3OC(O)C4OC(c5ccc(C=C)cc5)OC4C3O2)cc1. The molecular formula is C24H24O6. The molecule has 0 aliphatic carbocycles. The number of benzene rings is 2. The van der Waals surface area contributed by atoms with Gasteiger partial charge in [-0.3, -0.25) is 0 Å². The summed E-state index contributed by atoms with van der Waals surface area (Å²) >= 11 is 0. The van der Waals surface area contributed by atoms with Crippen molar-refractivity contribution in [3.8, 4) is 0 Å². The van der Waals surface area contributed by atoms with Crippen LogP contribution < -0.4 is 0 Å². The van der Waals surface area contributed by atoms with E-state index >= 15 is 0 Å². The molecule has 3 saturated heterocycles. The van der Waals surface area contributed by atoms with Gasteiger partial charge in [0.2, 0.25) is 0 Å². The van der Waals surface area contributed by atoms with Crippen LogP contribution in [0.25, 0.3) is 12.2 Å². The molecule has 2 aromatic rings. The monoisotopic (exact) mass is 408 g/mol. The van der Waals surface area contributed by atoms with Gasteiger partial charge >= 0.3 is 0 Å². The third kappa shape index (κ3) is 3.52. The highest BCUT2D eigenvalue weighted by molar-refractivity contribution is 5.48. The topological polar surface area (TPSA) is 66.4 Å². The largest absolute Gasteiger partial charge is 0.366 e. The number of rotatable bonds is 4. The lowest BCUT2D eigenvalue weighted by Crippen LogP contribution is -2.60. The van der Waals surface area contributed by atoms with E-state index in [0.29, 0.717) is 6.61 Å². The van der Waals surface area contributed by atoms with Crippen LogP contribution in [0.15, 0.2) is 61.7 Å². The number of aliphatic hydroxyl groups excluding tert-OH is 1. The molecule has 0 amide bonds. The van der Waals surface area contributed by atoms with Crippen LogP contribution in [0.1, 0.15) is 34.8 Å². The molecule has 1 N–H and O–H groups in total. The molecule has 3 fully saturated rings. The predicted molar refractivity (Wildman–Crippen MR) is 110 cm³/mol. The maximum atomic E-state index is 10.4. The number of ether oxygens (including phenoxy) is 5. The van der Waals surface area contributed by atoms with Crippen molar-refractivity contribution in [2.45, 2.75) is 43.3 Å². The van der Waals surface area contributed by atoms with Crippen LogP contribution in [-0.2, 0) is 23.7 Å². The fourth-order valence-electron chi connectivity index (χ4n) is 4.09. The van der Waals surface area contributed by atoms with Crippen LogP contribution in [0.5, 0.6) is 0 Å². The molecular weight excluding hydrogens is 384 g/mol. The fraction of sp³-hybridized carbons (Fsp3) is 0.333. The average molecular weight is 408 g/mol. The van der Waals surface area contributed by atoms with E-state index in [9.17, 15) is 5.11 Å². The Morgan fingerprint density at radius 3 is 1.83 bits per heavy atom. The minimum Gasteiger partial charge on any atom is -0.366 e. The summed E-state index contributed by atoms with van der Waals surface area (Å²) in [5.74, 6) is 0. The second-order valence-corrected chi connectivity index (χ2v) is 7.61. The van der Waals surface area contributed by atoms with Gasteiger partial charge in [0.05, 0.1) is 6.61 Å². The molecule has 7 unspecified atom stereocenters. The van der Waals surface area contributed by atoms with Gasteiger partial charge in [-0.05, 0) is 11.1 Å². The Balaban J connectivity index is 1.35. The van der Waals surface area contributed by atoms with Crippen molar-refractivity contribution in [3.63, 3.8) is 0 Å². The minimum absolute atomic E-state index is 0.293. The molecule has 6 nitrogen and oxygen atoms in total. The van der Waals surface area contributed by atoms with E-state index < -0.39 is 43.3 Å². The highest BCUT2D eigenvalue weighted by Gasteiger charge is 2.55. The molecule has 0 saturated carbocycles. The Bertz CT molecular complexity index is 908. The van der Waals surface area contributed by atoms with Crippen LogP contribution in [0.4, 0.5) is 0 Å². The highest BCUT2D eigenvalue weighted by atomic mass is 16.8. The molecule has 0 spiro atoms. The molecule has 30 heavy (non-hydrogen) atoms. The molecule has 3 aliphatic rings. The molecule has 3 heterocycles. The van der Waals surface area contributed by atoms with Gasteiger partial charge in [0, 0.05) is 11.1 Å². The van der Waals surface area contributed by atoms with Gasteiger partial charge in [0.15, 0.2) is 18.9 Å². The van der Waals surface area contributed by atoms with Crippen LogP contribution in [0.3, 0.4) is 0 Å². The Hall–Kier alpha value is -2.32. The van der Waals surface area contributed by atoms with Gasteiger partial charge in [0.25, 0.3) is 0 Å². The number of fused-ring (bicyclic) bond motifs is 3. The summed E-state index contributed by atoms with van der Waals surface area (Å²) < 4.78 is 30.0. The zero-order valence-electron chi connectivity index (χ0n) is 16.4. The zero-order valence-corrected chi connectivity index (χ0v) is 16.4. The maximum Gasteiger partial charge on any atom is 0.185 e. The third-order valence-corrected chi connectivity index (χ3v) is 5.75. The first-order chi connectivity index (χ1) is 14.7. The smallest absolute Gasteiger partial charge is 0.185 e. The number of hydrogen-bond donors (Lipinski definition) is 1. The van der Waals surface area contributed by atoms with Crippen molar-refractivity contribution >= 4 is 12.2 Å². The van der Waals surface area contributed by atoms with Crippen molar-refractivity contribution in [2.24, 2.45) is 0 Å². The molecule has 0 radical (unpaired) electrons. The Labute approximate surface area is 175 Å². The predicted octanol–water partition coefficient (Wildman–Crippen LogP) is 3.59. The summed E-state index contributed by atoms with van der Waals surface area (Å²) in [5.41, 5.74) is 3.80. The quantitative estimate of drug-likeness (QED) is 0.834. The van der Waals surface area contributed by atoms with E-state index in [0.717, 1.165) is 22.3 Å². The first-order valence-corrected chi connectivity index (χ1v) is 10.0. The van der Waals surface area contributed by atoms with Gasteiger partial charge < -0.3 is 28.8 Å². The van der Waals surface area contributed by atoms with Crippen LogP contribution in [-0.4, -0.2) is 42.4 Å². The standard InChI is InChI=1S/C24H24O6/c1-3-14-5-9-16(10-6-14)23-26-13-18-19(28-23)20-21(22(25)27-18)30-24(29-20)17-11-7-15(4-2)8-12-17/h3-12,18-25H,1-2,13H2. The highest BCUT2D eigenvalue weighted by Crippen LogP contribution is 2.42. The minimum atomic E-state index is -1.11. The second kappa shape index (κ2) is 8.07. The average Bonchev–Trinajstić information content (AvgIpc) is 3.26. The number of aliphatic hydroxyl groups is 1. The van der Waals surface area contributed by atoms with Gasteiger partial charge in [-0.1, -0.05) is 73.8 Å².